The van der Waals surface area contributed by atoms with E-state index >= 15 is 0 Å². The molecule has 2 aromatic rings. The van der Waals surface area contributed by atoms with E-state index in [-0.39, 0.29) is 0 Å². The van der Waals surface area contributed by atoms with Crippen molar-refractivity contribution in [3.63, 3.8) is 0 Å². The largest absolute Gasteiger partial charge is 0.396 e. The number of sulfonamides is 1. The lowest BCUT2D eigenvalue weighted by molar-refractivity contribution is 0.537. The van der Waals surface area contributed by atoms with Crippen LogP contribution in [0.1, 0.15) is 18.0 Å². The normalized spacial score (nSPS) is 13.3. The number of benzene rings is 1. The van der Waals surface area contributed by atoms with Gasteiger partial charge in [0.05, 0.1) is 11.7 Å². The zero-order chi connectivity index (χ0) is 14.9. The van der Waals surface area contributed by atoms with E-state index in [0.717, 1.165) is 6.07 Å². The molecule has 1 aromatic heterocycles. The minimum Gasteiger partial charge on any atom is -0.396 e. The van der Waals surface area contributed by atoms with Gasteiger partial charge in [-0.15, -0.1) is 11.3 Å². The summed E-state index contributed by atoms with van der Waals surface area (Å²) in [5.41, 5.74) is 4.83. The number of nitrogens with zero attached hydrogens (tertiary/aromatic N) is 1. The molecule has 2 rings (SSSR count). The predicted octanol–water partition coefficient (Wildman–Crippen LogP) is 2.04. The number of rotatable bonds is 4. The second-order valence-electron chi connectivity index (χ2n) is 4.02. The Morgan fingerprint density at radius 1 is 1.35 bits per heavy atom. The summed E-state index contributed by atoms with van der Waals surface area (Å²) in [6.45, 7) is 1.57. The maximum absolute atomic E-state index is 13.6. The lowest BCUT2D eigenvalue weighted by Crippen LogP contribution is -2.27. The molecule has 0 spiro atoms. The maximum atomic E-state index is 13.6. The number of halogens is 2. The smallest absolute Gasteiger partial charge is 0.244 e. The van der Waals surface area contributed by atoms with Gasteiger partial charge in [-0.3, -0.25) is 0 Å². The number of thiazole rings is 1. The molecule has 1 atom stereocenters. The van der Waals surface area contributed by atoms with E-state index in [2.05, 4.69) is 9.71 Å². The topological polar surface area (TPSA) is 85.1 Å². The first-order valence-electron chi connectivity index (χ1n) is 5.47. The molecule has 1 heterocycles. The molecule has 0 fully saturated rings. The molecule has 0 amide bonds. The first-order chi connectivity index (χ1) is 9.31. The molecule has 0 aliphatic rings. The third-order valence-corrected chi connectivity index (χ3v) is 5.01. The summed E-state index contributed by atoms with van der Waals surface area (Å²) in [6, 6.07) is 0.560. The zero-order valence-corrected chi connectivity index (χ0v) is 11.9. The highest BCUT2D eigenvalue weighted by molar-refractivity contribution is 7.89. The fourth-order valence-corrected chi connectivity index (χ4v) is 3.57. The van der Waals surface area contributed by atoms with Gasteiger partial charge in [-0.25, -0.2) is 26.9 Å². The number of hydrogen-bond acceptors (Lipinski definition) is 5. The highest BCUT2D eigenvalue weighted by Gasteiger charge is 2.24. The van der Waals surface area contributed by atoms with Crippen molar-refractivity contribution in [3.8, 4) is 0 Å². The van der Waals surface area contributed by atoms with E-state index in [1.807, 2.05) is 0 Å². The van der Waals surface area contributed by atoms with Gasteiger partial charge in [0.25, 0.3) is 0 Å². The SMILES string of the molecule is CC(NS(=O)(=O)c1cc(N)c(F)cc1F)c1nccs1. The molecule has 0 radical (unpaired) electrons. The number of nitrogens with one attached hydrogen (secondary N) is 1. The van der Waals surface area contributed by atoms with Crippen LogP contribution >= 0.6 is 11.3 Å². The predicted molar refractivity (Wildman–Crippen MR) is 71.6 cm³/mol. The van der Waals surface area contributed by atoms with Crippen LogP contribution in [0.3, 0.4) is 0 Å². The molecular weight excluding hydrogens is 308 g/mol. The molecule has 0 aliphatic carbocycles. The Kier molecular flexibility index (Phi) is 4.02. The van der Waals surface area contributed by atoms with Crippen molar-refractivity contribution in [2.45, 2.75) is 17.9 Å². The molecule has 0 saturated carbocycles. The van der Waals surface area contributed by atoms with Crippen molar-refractivity contribution in [1.82, 2.24) is 9.71 Å². The summed E-state index contributed by atoms with van der Waals surface area (Å²) < 4.78 is 53.0. The van der Waals surface area contributed by atoms with E-state index in [4.69, 9.17) is 5.73 Å². The van der Waals surface area contributed by atoms with E-state index in [9.17, 15) is 17.2 Å². The van der Waals surface area contributed by atoms with E-state index in [0.29, 0.717) is 11.1 Å². The summed E-state index contributed by atoms with van der Waals surface area (Å²) in [4.78, 5) is 3.27. The lowest BCUT2D eigenvalue weighted by Gasteiger charge is -2.13. The van der Waals surface area contributed by atoms with Crippen molar-refractivity contribution < 1.29 is 17.2 Å². The summed E-state index contributed by atoms with van der Waals surface area (Å²) >= 11 is 1.26. The number of aromatic nitrogens is 1. The Bertz CT molecular complexity index is 718. The quantitative estimate of drug-likeness (QED) is 0.845. The van der Waals surface area contributed by atoms with Crippen LogP contribution in [0.25, 0.3) is 0 Å². The molecule has 1 unspecified atom stereocenters. The molecule has 0 saturated heterocycles. The van der Waals surface area contributed by atoms with E-state index < -0.39 is 38.3 Å². The lowest BCUT2D eigenvalue weighted by atomic mass is 10.3. The third-order valence-electron chi connectivity index (χ3n) is 2.49. The van der Waals surface area contributed by atoms with Crippen LogP contribution in [0.5, 0.6) is 0 Å². The van der Waals surface area contributed by atoms with Crippen LogP contribution in [-0.2, 0) is 10.0 Å². The average molecular weight is 319 g/mol. The molecule has 108 valence electrons. The van der Waals surface area contributed by atoms with Gasteiger partial charge in [0.1, 0.15) is 21.5 Å². The van der Waals surface area contributed by atoms with Crippen LogP contribution in [0, 0.1) is 11.6 Å². The molecule has 5 nitrogen and oxygen atoms in total. The van der Waals surface area contributed by atoms with Gasteiger partial charge >= 0.3 is 0 Å². The summed E-state index contributed by atoms with van der Waals surface area (Å²) in [5.74, 6) is -2.20. The van der Waals surface area contributed by atoms with Crippen LogP contribution < -0.4 is 10.5 Å². The Morgan fingerprint density at radius 3 is 2.65 bits per heavy atom. The van der Waals surface area contributed by atoms with Crippen molar-refractivity contribution in [2.24, 2.45) is 0 Å². The minimum atomic E-state index is -4.16. The Labute approximate surface area is 118 Å². The second-order valence-corrected chi connectivity index (χ2v) is 6.63. The van der Waals surface area contributed by atoms with Crippen LogP contribution in [0.15, 0.2) is 28.6 Å². The first kappa shape index (κ1) is 14.8. The van der Waals surface area contributed by atoms with Gasteiger partial charge in [-0.05, 0) is 13.0 Å². The van der Waals surface area contributed by atoms with E-state index in [1.165, 1.54) is 17.5 Å². The monoisotopic (exact) mass is 319 g/mol. The first-order valence-corrected chi connectivity index (χ1v) is 7.84. The minimum absolute atomic E-state index is 0.436. The van der Waals surface area contributed by atoms with Crippen molar-refractivity contribution in [2.75, 3.05) is 5.73 Å². The molecule has 0 bridgehead atoms. The van der Waals surface area contributed by atoms with Gasteiger partial charge < -0.3 is 5.73 Å². The highest BCUT2D eigenvalue weighted by Crippen LogP contribution is 2.23. The van der Waals surface area contributed by atoms with Gasteiger partial charge in [-0.2, -0.15) is 0 Å². The highest BCUT2D eigenvalue weighted by atomic mass is 32.2. The van der Waals surface area contributed by atoms with Crippen molar-refractivity contribution >= 4 is 27.0 Å². The molecule has 20 heavy (non-hydrogen) atoms. The third kappa shape index (κ3) is 2.94. The number of hydrogen-bond donors (Lipinski definition) is 2. The molecular formula is C11H11F2N3O2S2. The van der Waals surface area contributed by atoms with Crippen LogP contribution in [-0.4, -0.2) is 13.4 Å². The number of nitrogens with two attached hydrogens (primary N) is 1. The summed E-state index contributed by atoms with van der Waals surface area (Å²) in [7, 11) is -4.16. The van der Waals surface area contributed by atoms with Crippen molar-refractivity contribution in [1.29, 1.82) is 0 Å². The fourth-order valence-electron chi connectivity index (χ4n) is 1.55. The standard InChI is InChI=1S/C11H11F2N3O2S2/c1-6(11-15-2-3-19-11)16-20(17,18)10-5-9(14)7(12)4-8(10)13/h2-6,16H,14H2,1H3. The van der Waals surface area contributed by atoms with Crippen molar-refractivity contribution in [3.05, 3.63) is 40.4 Å². The van der Waals surface area contributed by atoms with Gasteiger partial charge in [0.2, 0.25) is 10.0 Å². The molecule has 0 aliphatic heterocycles. The van der Waals surface area contributed by atoms with Gasteiger partial charge in [-0.1, -0.05) is 0 Å². The van der Waals surface area contributed by atoms with Gasteiger partial charge in [0, 0.05) is 17.6 Å². The van der Waals surface area contributed by atoms with Crippen LogP contribution in [0.4, 0.5) is 14.5 Å². The Morgan fingerprint density at radius 2 is 2.05 bits per heavy atom. The van der Waals surface area contributed by atoms with E-state index in [1.54, 1.807) is 12.3 Å². The second kappa shape index (κ2) is 5.43. The van der Waals surface area contributed by atoms with Gasteiger partial charge in [0.15, 0.2) is 0 Å². The molecule has 9 heteroatoms. The maximum Gasteiger partial charge on any atom is 0.244 e. The summed E-state index contributed by atoms with van der Waals surface area (Å²) in [6.07, 6.45) is 1.53. The Balaban J connectivity index is 2.34. The average Bonchev–Trinajstić information content (AvgIpc) is 2.86. The molecule has 3 N–H and O–H groups in total. The summed E-state index contributed by atoms with van der Waals surface area (Å²) in [5, 5.41) is 2.22. The zero-order valence-electron chi connectivity index (χ0n) is 10.3. The van der Waals surface area contributed by atoms with Crippen LogP contribution in [0.2, 0.25) is 0 Å². The fraction of sp³-hybridized carbons (Fsp3) is 0.182. The number of anilines is 1. The molecule has 1 aromatic carbocycles. The number of nitrogen functional groups attached to an aromatic ring is 1. The Hall–Kier alpha value is -1.58.